The highest BCUT2D eigenvalue weighted by molar-refractivity contribution is 7.15. The van der Waals surface area contributed by atoms with Gasteiger partial charge < -0.3 is 20.3 Å². The molecule has 0 fully saturated rings. The minimum absolute atomic E-state index is 0. The van der Waals surface area contributed by atoms with Gasteiger partial charge in [-0.3, -0.25) is 0 Å². The Morgan fingerprint density at radius 2 is 2.03 bits per heavy atom. The van der Waals surface area contributed by atoms with E-state index in [9.17, 15) is 9.90 Å². The van der Waals surface area contributed by atoms with Crippen molar-refractivity contribution in [3.05, 3.63) is 81.2 Å². The number of halogens is 2. The Hall–Kier alpha value is -2.09. The van der Waals surface area contributed by atoms with Crippen molar-refractivity contribution in [1.29, 1.82) is 0 Å². The van der Waals surface area contributed by atoms with E-state index < -0.39 is 12.1 Å². The maximum atomic E-state index is 11.0. The lowest BCUT2D eigenvalue weighted by atomic mass is 9.88. The van der Waals surface area contributed by atoms with Crippen LogP contribution in [0.5, 0.6) is 10.8 Å². The van der Waals surface area contributed by atoms with Gasteiger partial charge in [-0.25, -0.2) is 4.79 Å². The summed E-state index contributed by atoms with van der Waals surface area (Å²) >= 11 is 7.12. The van der Waals surface area contributed by atoms with Crippen molar-refractivity contribution in [3.8, 4) is 10.8 Å². The van der Waals surface area contributed by atoms with Gasteiger partial charge in [0.2, 0.25) is 0 Å². The zero-order valence-corrected chi connectivity index (χ0v) is 19.0. The van der Waals surface area contributed by atoms with Gasteiger partial charge in [0.15, 0.2) is 5.06 Å². The van der Waals surface area contributed by atoms with E-state index in [4.69, 9.17) is 21.4 Å². The highest BCUT2D eigenvalue weighted by Crippen LogP contribution is 2.32. The number of carbonyl (C=O) groups is 1. The van der Waals surface area contributed by atoms with Gasteiger partial charge in [-0.15, -0.1) is 12.4 Å². The molecule has 164 valence electrons. The summed E-state index contributed by atoms with van der Waals surface area (Å²) in [6, 6.07) is 16.8. The van der Waals surface area contributed by atoms with Gasteiger partial charge in [-0.2, -0.15) is 0 Å². The Bertz CT molecular complexity index is 1060. The van der Waals surface area contributed by atoms with Gasteiger partial charge in [-0.05, 0) is 72.4 Å². The highest BCUT2D eigenvalue weighted by atomic mass is 35.5. The van der Waals surface area contributed by atoms with Crippen molar-refractivity contribution in [2.45, 2.75) is 31.4 Å². The molecule has 4 rings (SSSR count). The summed E-state index contributed by atoms with van der Waals surface area (Å²) in [5.74, 6) is -0.249. The van der Waals surface area contributed by atoms with Crippen molar-refractivity contribution in [1.82, 2.24) is 5.32 Å². The Morgan fingerprint density at radius 1 is 1.19 bits per heavy atom. The first-order chi connectivity index (χ1) is 14.5. The number of aliphatic hydroxyl groups excluding tert-OH is 1. The van der Waals surface area contributed by atoms with Crippen LogP contribution in [0.2, 0.25) is 5.02 Å². The zero-order chi connectivity index (χ0) is 21.1. The lowest BCUT2D eigenvalue weighted by Crippen LogP contribution is -2.37. The average Bonchev–Trinajstić information content (AvgIpc) is 3.20. The highest BCUT2D eigenvalue weighted by Gasteiger charge is 2.20. The second-order valence-corrected chi connectivity index (χ2v) is 8.86. The molecule has 3 N–H and O–H groups in total. The number of thiophene rings is 1. The predicted octanol–water partition coefficient (Wildman–Crippen LogP) is 5.49. The quantitative estimate of drug-likeness (QED) is 0.417. The molecule has 31 heavy (non-hydrogen) atoms. The third-order valence-electron chi connectivity index (χ3n) is 5.25. The standard InChI is InChI=1S/C23H22ClNO4S.ClH/c24-17-3-1-2-15(10-17)20(26)13-25-18-6-4-14-5-7-19(12-16(14)11-18)29-22-9-8-21(30-22)23(27)28;/h1-3,5,7-10,12,18,20,25-26H,4,6,11,13H2,(H,27,28);1H/t18-,20+;/m0./s1. The molecule has 1 aromatic heterocycles. The number of nitrogens with one attached hydrogen (secondary N) is 1. The van der Waals surface area contributed by atoms with E-state index >= 15 is 0 Å². The number of aromatic carboxylic acids is 1. The van der Waals surface area contributed by atoms with Gasteiger partial charge in [-0.1, -0.05) is 41.1 Å². The Kier molecular flexibility index (Phi) is 7.97. The zero-order valence-electron chi connectivity index (χ0n) is 16.6. The number of aliphatic hydroxyl groups is 1. The van der Waals surface area contributed by atoms with Crippen LogP contribution in [0.25, 0.3) is 0 Å². The lowest BCUT2D eigenvalue weighted by molar-refractivity contribution is 0.0702. The summed E-state index contributed by atoms with van der Waals surface area (Å²) < 4.78 is 5.86. The summed E-state index contributed by atoms with van der Waals surface area (Å²) in [6.45, 7) is 0.462. The molecule has 0 saturated heterocycles. The topological polar surface area (TPSA) is 78.8 Å². The number of carboxylic acid groups (broad SMARTS) is 1. The molecule has 2 aromatic carbocycles. The fourth-order valence-corrected chi connectivity index (χ4v) is 4.60. The van der Waals surface area contributed by atoms with Gasteiger partial charge >= 0.3 is 5.97 Å². The van der Waals surface area contributed by atoms with Crippen LogP contribution in [0.15, 0.2) is 54.6 Å². The number of hydrogen-bond acceptors (Lipinski definition) is 5. The molecule has 8 heteroatoms. The first kappa shape index (κ1) is 23.6. The summed E-state index contributed by atoms with van der Waals surface area (Å²) in [6.07, 6.45) is 2.20. The minimum atomic E-state index is -0.950. The Labute approximate surface area is 196 Å². The van der Waals surface area contributed by atoms with E-state index in [1.165, 1.54) is 11.1 Å². The molecule has 2 atom stereocenters. The fourth-order valence-electron chi connectivity index (χ4n) is 3.69. The van der Waals surface area contributed by atoms with Crippen molar-refractivity contribution in [2.24, 2.45) is 0 Å². The smallest absolute Gasteiger partial charge is 0.345 e. The number of aryl methyl sites for hydroxylation is 1. The van der Waals surface area contributed by atoms with E-state index in [0.717, 1.165) is 36.2 Å². The number of carboxylic acids is 1. The number of ether oxygens (including phenoxy) is 1. The molecule has 3 aromatic rings. The fraction of sp³-hybridized carbons (Fsp3) is 0.261. The number of hydrogen-bond donors (Lipinski definition) is 3. The van der Waals surface area contributed by atoms with E-state index in [1.54, 1.807) is 24.3 Å². The predicted molar refractivity (Wildman–Crippen MR) is 125 cm³/mol. The van der Waals surface area contributed by atoms with E-state index in [2.05, 4.69) is 11.4 Å². The summed E-state index contributed by atoms with van der Waals surface area (Å²) in [7, 11) is 0. The SMILES string of the molecule is Cl.O=C(O)c1ccc(Oc2ccc3c(c2)C[C@@H](NC[C@@H](O)c2cccc(Cl)c2)CC3)s1. The molecule has 0 saturated carbocycles. The van der Waals surface area contributed by atoms with Gasteiger partial charge in [0.25, 0.3) is 0 Å². The largest absolute Gasteiger partial charge is 0.477 e. The Morgan fingerprint density at radius 3 is 2.77 bits per heavy atom. The molecule has 0 bridgehead atoms. The molecule has 0 spiro atoms. The van der Waals surface area contributed by atoms with Crippen LogP contribution in [-0.2, 0) is 12.8 Å². The molecule has 0 unspecified atom stereocenters. The van der Waals surface area contributed by atoms with Crippen molar-refractivity contribution >= 4 is 41.3 Å². The summed E-state index contributed by atoms with van der Waals surface area (Å²) in [4.78, 5) is 11.3. The maximum Gasteiger partial charge on any atom is 0.345 e. The van der Waals surface area contributed by atoms with Crippen molar-refractivity contribution in [3.63, 3.8) is 0 Å². The number of benzene rings is 2. The van der Waals surface area contributed by atoms with Crippen LogP contribution < -0.4 is 10.1 Å². The second-order valence-electron chi connectivity index (χ2n) is 7.38. The first-order valence-electron chi connectivity index (χ1n) is 9.77. The second kappa shape index (κ2) is 10.5. The van der Waals surface area contributed by atoms with Crippen molar-refractivity contribution in [2.75, 3.05) is 6.54 Å². The van der Waals surface area contributed by atoms with Crippen LogP contribution in [0, 0.1) is 0 Å². The number of fused-ring (bicyclic) bond motifs is 1. The van der Waals surface area contributed by atoms with Gasteiger partial charge in [0.1, 0.15) is 10.6 Å². The van der Waals surface area contributed by atoms with Crippen LogP contribution in [0.4, 0.5) is 0 Å². The van der Waals surface area contributed by atoms with E-state index in [-0.39, 0.29) is 23.3 Å². The normalized spacial score (nSPS) is 16.1. The van der Waals surface area contributed by atoms with Crippen LogP contribution in [0.1, 0.15) is 38.9 Å². The average molecular weight is 480 g/mol. The molecular formula is C23H23Cl2NO4S. The lowest BCUT2D eigenvalue weighted by Gasteiger charge is -2.27. The molecular weight excluding hydrogens is 457 g/mol. The molecule has 0 radical (unpaired) electrons. The van der Waals surface area contributed by atoms with E-state index in [0.29, 0.717) is 22.4 Å². The molecule has 1 heterocycles. The van der Waals surface area contributed by atoms with Crippen molar-refractivity contribution < 1.29 is 19.7 Å². The maximum absolute atomic E-state index is 11.0. The molecule has 0 amide bonds. The summed E-state index contributed by atoms with van der Waals surface area (Å²) in [5, 5.41) is 24.1. The van der Waals surface area contributed by atoms with Gasteiger partial charge in [0, 0.05) is 17.6 Å². The van der Waals surface area contributed by atoms with E-state index in [1.807, 2.05) is 24.3 Å². The minimum Gasteiger partial charge on any atom is -0.477 e. The third kappa shape index (κ3) is 5.99. The first-order valence-corrected chi connectivity index (χ1v) is 11.0. The van der Waals surface area contributed by atoms with Gasteiger partial charge in [0.05, 0.1) is 6.10 Å². The van der Waals surface area contributed by atoms with Crippen LogP contribution >= 0.6 is 35.3 Å². The number of rotatable bonds is 7. The third-order valence-corrected chi connectivity index (χ3v) is 6.44. The van der Waals surface area contributed by atoms with Crippen LogP contribution in [-0.4, -0.2) is 28.8 Å². The summed E-state index contributed by atoms with van der Waals surface area (Å²) in [5.41, 5.74) is 3.32. The molecule has 1 aliphatic carbocycles. The molecule has 5 nitrogen and oxygen atoms in total. The molecule has 0 aliphatic heterocycles. The Balaban J connectivity index is 0.00000272. The monoisotopic (exact) mass is 479 g/mol. The molecule has 1 aliphatic rings. The van der Waals surface area contributed by atoms with Crippen LogP contribution in [0.3, 0.4) is 0 Å².